The molecule has 50 heavy (non-hydrogen) atoms. The number of hydrogen-bond acceptors (Lipinski definition) is 12. The van der Waals surface area contributed by atoms with Crippen molar-refractivity contribution >= 4 is 66.4 Å². The minimum Gasteiger partial charge on any atom is -0.504 e. The Morgan fingerprint density at radius 3 is 1.54 bits per heavy atom. The van der Waals surface area contributed by atoms with Gasteiger partial charge in [0.25, 0.3) is 0 Å². The second-order valence-corrected chi connectivity index (χ2v) is 15.7. The summed E-state index contributed by atoms with van der Waals surface area (Å²) >= 11 is 2.72. The van der Waals surface area contributed by atoms with Crippen LogP contribution in [0.1, 0.15) is 106 Å². The number of aromatic hydroxyl groups is 1. The van der Waals surface area contributed by atoms with Crippen LogP contribution in [0.15, 0.2) is 36.4 Å². The lowest BCUT2D eigenvalue weighted by Gasteiger charge is -2.19. The number of ketones is 2. The molecule has 0 amide bonds. The van der Waals surface area contributed by atoms with Crippen LogP contribution in [-0.2, 0) is 19.1 Å². The number of ether oxygens (including phenoxy) is 5. The van der Waals surface area contributed by atoms with Crippen LogP contribution >= 0.6 is 22.7 Å². The molecule has 0 spiro atoms. The van der Waals surface area contributed by atoms with Crippen LogP contribution in [0.4, 0.5) is 0 Å². The molecule has 4 rings (SSSR count). The van der Waals surface area contributed by atoms with Crippen LogP contribution in [-0.4, -0.2) is 60.6 Å². The Hall–Kier alpha value is -4.16. The summed E-state index contributed by atoms with van der Waals surface area (Å²) in [5.41, 5.74) is -1.09. The zero-order valence-corrected chi connectivity index (χ0v) is 32.0. The molecule has 10 nitrogen and oxygen atoms in total. The van der Waals surface area contributed by atoms with E-state index in [1.165, 1.54) is 29.8 Å². The van der Waals surface area contributed by atoms with Crippen molar-refractivity contribution in [1.82, 2.24) is 0 Å². The Kier molecular flexibility index (Phi) is 14.2. The highest BCUT2D eigenvalue weighted by molar-refractivity contribution is 7.21. The zero-order chi connectivity index (χ0) is 37.2. The third kappa shape index (κ3) is 12.3. The maximum Gasteiger partial charge on any atom is 0.306 e. The molecule has 0 atom stereocenters. The fraction of sp³-hybridized carbons (Fsp3) is 0.474. The fourth-order valence-corrected chi connectivity index (χ4v) is 6.68. The highest BCUT2D eigenvalue weighted by Gasteiger charge is 2.21. The Morgan fingerprint density at radius 2 is 1.10 bits per heavy atom. The Balaban J connectivity index is 0.000000274. The van der Waals surface area contributed by atoms with Gasteiger partial charge in [0, 0.05) is 34.4 Å². The number of phenolic OH excluding ortho intramolecular Hbond substituents is 1. The summed E-state index contributed by atoms with van der Waals surface area (Å²) in [7, 11) is 3.08. The first-order valence-electron chi connectivity index (χ1n) is 16.5. The van der Waals surface area contributed by atoms with Gasteiger partial charge in [-0.3, -0.25) is 19.2 Å². The number of carbonyl (C=O) groups is 4. The summed E-state index contributed by atoms with van der Waals surface area (Å²) in [5, 5.41) is 11.5. The monoisotopic (exact) mass is 728 g/mol. The lowest BCUT2D eigenvalue weighted by molar-refractivity contribution is -0.155. The first-order chi connectivity index (χ1) is 23.4. The van der Waals surface area contributed by atoms with Gasteiger partial charge in [-0.05, 0) is 83.0 Å². The molecule has 4 aromatic rings. The average molecular weight is 729 g/mol. The van der Waals surface area contributed by atoms with E-state index in [2.05, 4.69) is 6.92 Å². The topological polar surface area (TPSA) is 135 Å². The van der Waals surface area contributed by atoms with E-state index in [1.807, 2.05) is 39.0 Å². The van der Waals surface area contributed by atoms with Crippen LogP contribution in [0.3, 0.4) is 0 Å². The van der Waals surface area contributed by atoms with Gasteiger partial charge in [0.1, 0.15) is 11.2 Å². The lowest BCUT2D eigenvalue weighted by Crippen LogP contribution is -2.24. The molecule has 0 saturated heterocycles. The van der Waals surface area contributed by atoms with Crippen LogP contribution < -0.4 is 14.2 Å². The van der Waals surface area contributed by atoms with E-state index in [9.17, 15) is 24.3 Å². The normalized spacial score (nSPS) is 11.5. The molecular weight excluding hydrogens is 681 g/mol. The average Bonchev–Trinajstić information content (AvgIpc) is 3.64. The minimum absolute atomic E-state index is 0.0329. The molecule has 0 saturated carbocycles. The Bertz CT molecular complexity index is 1800. The van der Waals surface area contributed by atoms with Crippen molar-refractivity contribution in [3.8, 4) is 23.0 Å². The smallest absolute Gasteiger partial charge is 0.306 e. The fourth-order valence-electron chi connectivity index (χ4n) is 4.60. The number of hydrogen-bond donors (Lipinski definition) is 1. The van der Waals surface area contributed by atoms with E-state index in [0.717, 1.165) is 33.0 Å². The van der Waals surface area contributed by atoms with Gasteiger partial charge in [-0.2, -0.15) is 0 Å². The van der Waals surface area contributed by atoms with Crippen molar-refractivity contribution in [3.63, 3.8) is 0 Å². The van der Waals surface area contributed by atoms with E-state index in [4.69, 9.17) is 23.7 Å². The number of unbranched alkanes of at least 4 members (excludes halogenated alkanes) is 1. The predicted molar refractivity (Wildman–Crippen MR) is 198 cm³/mol. The number of benzene rings is 2. The maximum atomic E-state index is 12.5. The molecular formula is C38H48O10S2. The van der Waals surface area contributed by atoms with Crippen molar-refractivity contribution < 1.29 is 48.0 Å². The molecule has 0 aliphatic heterocycles. The number of esters is 2. The van der Waals surface area contributed by atoms with E-state index in [0.29, 0.717) is 33.6 Å². The maximum absolute atomic E-state index is 12.5. The van der Waals surface area contributed by atoms with Crippen LogP contribution in [0.5, 0.6) is 23.0 Å². The number of methoxy groups -OCH3 is 2. The van der Waals surface area contributed by atoms with Gasteiger partial charge in [-0.15, -0.1) is 22.7 Å². The Labute approximate surface area is 301 Å². The highest BCUT2D eigenvalue weighted by atomic mass is 32.1. The van der Waals surface area contributed by atoms with Gasteiger partial charge in [0.15, 0.2) is 34.6 Å². The van der Waals surface area contributed by atoms with Crippen molar-refractivity contribution in [1.29, 1.82) is 0 Å². The molecule has 272 valence electrons. The lowest BCUT2D eigenvalue weighted by atomic mass is 10.1. The number of thiophene rings is 2. The SMILES string of the molecule is CCCCOc1cc2cc(C(=O)CCC(=O)OC(C)(C)C)sc2cc1OC.COc1cc2sc(C(=O)CCC(=O)OC(C)(C)C)cc2cc1O. The molecule has 0 unspecified atom stereocenters. The molecule has 0 radical (unpaired) electrons. The molecule has 0 aliphatic carbocycles. The third-order valence-electron chi connectivity index (χ3n) is 6.88. The first-order valence-corrected chi connectivity index (χ1v) is 18.1. The number of phenols is 1. The summed E-state index contributed by atoms with van der Waals surface area (Å²) in [6.45, 7) is 13.5. The summed E-state index contributed by atoms with van der Waals surface area (Å²) in [6, 6.07) is 10.6. The second kappa shape index (κ2) is 17.7. The molecule has 2 heterocycles. The number of Topliss-reactive ketones (excluding diaryl/α,β-unsaturated/α-hetero) is 2. The number of carbonyl (C=O) groups excluding carboxylic acids is 4. The van der Waals surface area contributed by atoms with Gasteiger partial charge < -0.3 is 28.8 Å². The quantitative estimate of drug-likeness (QED) is 0.0760. The second-order valence-electron chi connectivity index (χ2n) is 13.5. The summed E-state index contributed by atoms with van der Waals surface area (Å²) in [5.74, 6) is 0.830. The molecule has 0 bridgehead atoms. The van der Waals surface area contributed by atoms with Crippen molar-refractivity contribution in [2.75, 3.05) is 20.8 Å². The van der Waals surface area contributed by atoms with E-state index >= 15 is 0 Å². The van der Waals surface area contributed by atoms with Gasteiger partial charge in [0.2, 0.25) is 0 Å². The number of rotatable bonds is 14. The van der Waals surface area contributed by atoms with E-state index < -0.39 is 11.2 Å². The van der Waals surface area contributed by atoms with Crippen LogP contribution in [0.2, 0.25) is 0 Å². The summed E-state index contributed by atoms with van der Waals surface area (Å²) in [6.07, 6.45) is 2.40. The van der Waals surface area contributed by atoms with Crippen LogP contribution in [0, 0.1) is 0 Å². The highest BCUT2D eigenvalue weighted by Crippen LogP contribution is 2.38. The molecule has 0 fully saturated rings. The van der Waals surface area contributed by atoms with Gasteiger partial charge >= 0.3 is 11.9 Å². The van der Waals surface area contributed by atoms with Gasteiger partial charge in [-0.25, -0.2) is 0 Å². The summed E-state index contributed by atoms with van der Waals surface area (Å²) in [4.78, 5) is 49.4. The van der Waals surface area contributed by atoms with E-state index in [-0.39, 0.29) is 54.9 Å². The Morgan fingerprint density at radius 1 is 0.640 bits per heavy atom. The predicted octanol–water partition coefficient (Wildman–Crippen LogP) is 9.31. The van der Waals surface area contributed by atoms with Gasteiger partial charge in [-0.1, -0.05) is 13.3 Å². The van der Waals surface area contributed by atoms with E-state index in [1.54, 1.807) is 46.1 Å². The first kappa shape index (κ1) is 40.3. The van der Waals surface area contributed by atoms with Crippen molar-refractivity contribution in [2.24, 2.45) is 0 Å². The zero-order valence-electron chi connectivity index (χ0n) is 30.4. The molecule has 1 N–H and O–H groups in total. The third-order valence-corrected chi connectivity index (χ3v) is 9.16. The standard InChI is InChI=1S/C21H28O5S.C17H20O5S/c1-6-7-10-25-17-11-14-12-19(27-18(14)13-16(17)24-5)15(22)8-9-20(23)26-21(2,3)4;1-17(2,3)22-16(20)6-5-11(18)15-8-10-7-12(19)13(21-4)9-14(10)23-15/h11-13H,6-10H2,1-5H3;7-9,19H,5-6H2,1-4H3. The number of fused-ring (bicyclic) bond motifs is 2. The molecule has 12 heteroatoms. The summed E-state index contributed by atoms with van der Waals surface area (Å²) < 4.78 is 28.5. The largest absolute Gasteiger partial charge is 0.504 e. The molecule has 0 aliphatic rings. The van der Waals surface area contributed by atoms with Crippen molar-refractivity contribution in [2.45, 2.75) is 98.2 Å². The van der Waals surface area contributed by atoms with Gasteiger partial charge in [0.05, 0.1) is 43.4 Å². The minimum atomic E-state index is -0.550. The molecule has 2 aromatic heterocycles. The van der Waals surface area contributed by atoms with Crippen molar-refractivity contribution in [3.05, 3.63) is 46.2 Å². The van der Waals surface area contributed by atoms with Crippen LogP contribution in [0.25, 0.3) is 20.2 Å². The molecule has 2 aromatic carbocycles.